The molecule has 2 N–H and O–H groups in total. The van der Waals surface area contributed by atoms with Crippen molar-refractivity contribution in [2.24, 2.45) is 5.92 Å². The average molecular weight is 341 g/mol. The highest BCUT2D eigenvalue weighted by Crippen LogP contribution is 2.45. The fourth-order valence-corrected chi connectivity index (χ4v) is 3.59. The zero-order valence-corrected chi connectivity index (χ0v) is 12.5. The van der Waals surface area contributed by atoms with Crippen molar-refractivity contribution in [2.45, 2.75) is 18.8 Å². The zero-order chi connectivity index (χ0) is 13.2. The number of carbonyl (C=O) groups excluding carboxylic acids is 1. The fourth-order valence-electron chi connectivity index (χ4n) is 2.11. The number of aromatic amines is 1. The minimum Gasteiger partial charge on any atom is -0.355 e. The van der Waals surface area contributed by atoms with Gasteiger partial charge in [-0.1, -0.05) is 0 Å². The maximum Gasteiger partial charge on any atom is 0.223 e. The molecule has 2 aromatic rings. The Kier molecular flexibility index (Phi) is 3.65. The highest BCUT2D eigenvalue weighted by molar-refractivity contribution is 9.11. The Morgan fingerprint density at radius 3 is 3.16 bits per heavy atom. The lowest BCUT2D eigenvalue weighted by atomic mass is 10.2. The molecular weight excluding hydrogens is 328 g/mol. The Labute approximate surface area is 123 Å². The largest absolute Gasteiger partial charge is 0.355 e. The van der Waals surface area contributed by atoms with Crippen LogP contribution in [0.5, 0.6) is 0 Å². The molecule has 19 heavy (non-hydrogen) atoms. The van der Waals surface area contributed by atoms with Gasteiger partial charge in [0, 0.05) is 23.3 Å². The summed E-state index contributed by atoms with van der Waals surface area (Å²) in [5.74, 6) is 1.22. The van der Waals surface area contributed by atoms with Crippen molar-refractivity contribution in [3.05, 3.63) is 32.9 Å². The van der Waals surface area contributed by atoms with E-state index in [-0.39, 0.29) is 17.7 Å². The lowest BCUT2D eigenvalue weighted by Crippen LogP contribution is -2.27. The van der Waals surface area contributed by atoms with Crippen LogP contribution in [0.15, 0.2) is 22.2 Å². The molecule has 1 fully saturated rings. The number of aromatic nitrogens is 3. The van der Waals surface area contributed by atoms with E-state index < -0.39 is 0 Å². The lowest BCUT2D eigenvalue weighted by Gasteiger charge is -2.03. The number of hydrogen-bond donors (Lipinski definition) is 2. The molecule has 1 saturated carbocycles. The van der Waals surface area contributed by atoms with Gasteiger partial charge in [0.15, 0.2) is 0 Å². The molecule has 2 aromatic heterocycles. The number of H-pyrrole nitrogens is 1. The van der Waals surface area contributed by atoms with E-state index in [0.717, 1.165) is 22.5 Å². The first-order chi connectivity index (χ1) is 9.24. The summed E-state index contributed by atoms with van der Waals surface area (Å²) >= 11 is 5.14. The van der Waals surface area contributed by atoms with Crippen LogP contribution in [0, 0.1) is 5.92 Å². The Balaban J connectivity index is 1.43. The van der Waals surface area contributed by atoms with Crippen molar-refractivity contribution in [1.82, 2.24) is 20.5 Å². The molecule has 0 aromatic carbocycles. The maximum absolute atomic E-state index is 11.9. The van der Waals surface area contributed by atoms with Crippen LogP contribution < -0.4 is 5.32 Å². The van der Waals surface area contributed by atoms with E-state index in [9.17, 15) is 4.79 Å². The molecule has 7 heteroatoms. The number of nitrogens with zero attached hydrogens (tertiary/aromatic N) is 2. The molecule has 5 nitrogen and oxygen atoms in total. The Bertz CT molecular complexity index is 568. The third-order valence-corrected chi connectivity index (χ3v) is 4.89. The smallest absolute Gasteiger partial charge is 0.223 e. The third kappa shape index (κ3) is 3.03. The summed E-state index contributed by atoms with van der Waals surface area (Å²) in [5, 5.41) is 9.62. The lowest BCUT2D eigenvalue weighted by molar-refractivity contribution is -0.122. The topological polar surface area (TPSA) is 70.7 Å². The van der Waals surface area contributed by atoms with E-state index in [4.69, 9.17) is 0 Å². The Morgan fingerprint density at radius 1 is 1.58 bits per heavy atom. The second-order valence-corrected chi connectivity index (χ2v) is 7.11. The first-order valence-corrected chi connectivity index (χ1v) is 7.72. The van der Waals surface area contributed by atoms with E-state index in [1.165, 1.54) is 11.2 Å². The highest BCUT2D eigenvalue weighted by Gasteiger charge is 2.45. The van der Waals surface area contributed by atoms with Gasteiger partial charge in [-0.2, -0.15) is 5.10 Å². The number of hydrogen-bond acceptors (Lipinski definition) is 4. The highest BCUT2D eigenvalue weighted by atomic mass is 79.9. The normalized spacial score (nSPS) is 21.3. The van der Waals surface area contributed by atoms with Gasteiger partial charge < -0.3 is 5.32 Å². The minimum absolute atomic E-state index is 0.0584. The van der Waals surface area contributed by atoms with Crippen LogP contribution in [0.1, 0.15) is 23.0 Å². The molecule has 0 bridgehead atoms. The van der Waals surface area contributed by atoms with Crippen molar-refractivity contribution in [1.29, 1.82) is 0 Å². The summed E-state index contributed by atoms with van der Waals surface area (Å²) in [6.45, 7) is 0.686. The van der Waals surface area contributed by atoms with Crippen LogP contribution in [0.25, 0.3) is 0 Å². The summed E-state index contributed by atoms with van der Waals surface area (Å²) in [6.07, 6.45) is 3.23. The Hall–Kier alpha value is -1.21. The summed E-state index contributed by atoms with van der Waals surface area (Å²) in [7, 11) is 0. The quantitative estimate of drug-likeness (QED) is 0.875. The number of rotatable bonds is 5. The first kappa shape index (κ1) is 12.8. The van der Waals surface area contributed by atoms with Crippen molar-refractivity contribution in [2.75, 3.05) is 6.54 Å². The van der Waals surface area contributed by atoms with E-state index in [0.29, 0.717) is 6.54 Å². The van der Waals surface area contributed by atoms with Gasteiger partial charge in [-0.3, -0.25) is 9.89 Å². The number of carbonyl (C=O) groups is 1. The molecule has 0 radical (unpaired) electrons. The van der Waals surface area contributed by atoms with Crippen LogP contribution in [0.4, 0.5) is 0 Å². The van der Waals surface area contributed by atoms with E-state index in [2.05, 4.69) is 42.5 Å². The summed E-state index contributed by atoms with van der Waals surface area (Å²) in [4.78, 5) is 17.3. The molecule has 0 spiro atoms. The predicted octanol–water partition coefficient (Wildman–Crippen LogP) is 2.09. The van der Waals surface area contributed by atoms with Crippen LogP contribution in [0.3, 0.4) is 0 Å². The molecule has 100 valence electrons. The van der Waals surface area contributed by atoms with Crippen molar-refractivity contribution in [3.8, 4) is 0 Å². The molecule has 0 saturated heterocycles. The first-order valence-electron chi connectivity index (χ1n) is 6.11. The van der Waals surface area contributed by atoms with Crippen LogP contribution in [-0.2, 0) is 11.2 Å². The Morgan fingerprint density at radius 2 is 2.47 bits per heavy atom. The van der Waals surface area contributed by atoms with Gasteiger partial charge in [0.2, 0.25) is 5.91 Å². The van der Waals surface area contributed by atoms with Gasteiger partial charge in [-0.15, -0.1) is 11.3 Å². The van der Waals surface area contributed by atoms with Crippen LogP contribution >= 0.6 is 27.3 Å². The molecule has 2 heterocycles. The monoisotopic (exact) mass is 340 g/mol. The van der Waals surface area contributed by atoms with Crippen LogP contribution in [0.2, 0.25) is 0 Å². The minimum atomic E-state index is 0.0584. The summed E-state index contributed by atoms with van der Waals surface area (Å²) < 4.78 is 1.13. The van der Waals surface area contributed by atoms with Crippen molar-refractivity contribution < 1.29 is 4.79 Å². The van der Waals surface area contributed by atoms with E-state index in [1.807, 2.05) is 6.07 Å². The molecule has 2 atom stereocenters. The maximum atomic E-state index is 11.9. The van der Waals surface area contributed by atoms with Gasteiger partial charge >= 0.3 is 0 Å². The molecule has 0 unspecified atom stereocenters. The third-order valence-electron chi connectivity index (χ3n) is 3.21. The predicted molar refractivity (Wildman–Crippen MR) is 76.0 cm³/mol. The van der Waals surface area contributed by atoms with Crippen molar-refractivity contribution >= 4 is 33.2 Å². The SMILES string of the molecule is O=C(NCCc1ccc(Br)s1)[C@@H]1C[C@H]1c1ncn[nH]1. The van der Waals surface area contributed by atoms with Crippen LogP contribution in [-0.4, -0.2) is 27.6 Å². The molecule has 3 rings (SSSR count). The van der Waals surface area contributed by atoms with Gasteiger partial charge in [0.1, 0.15) is 12.2 Å². The summed E-state index contributed by atoms with van der Waals surface area (Å²) in [6, 6.07) is 4.11. The number of thiophene rings is 1. The fraction of sp³-hybridized carbons (Fsp3) is 0.417. The number of amides is 1. The van der Waals surface area contributed by atoms with Crippen molar-refractivity contribution in [3.63, 3.8) is 0 Å². The molecular formula is C12H13BrN4OS. The van der Waals surface area contributed by atoms with E-state index in [1.54, 1.807) is 11.3 Å². The van der Waals surface area contributed by atoms with Gasteiger partial charge in [-0.25, -0.2) is 4.98 Å². The molecule has 0 aliphatic heterocycles. The van der Waals surface area contributed by atoms with Gasteiger partial charge in [-0.05, 0) is 40.9 Å². The standard InChI is InChI=1S/C12H13BrN4OS/c13-10-2-1-7(19-10)3-4-14-12(18)9-5-8(9)11-15-6-16-17-11/h1-2,6,8-9H,3-5H2,(H,14,18)(H,15,16,17)/t8-,9-/m1/s1. The zero-order valence-electron chi connectivity index (χ0n) is 10.1. The molecule has 1 amide bonds. The molecule has 1 aliphatic carbocycles. The second kappa shape index (κ2) is 5.42. The summed E-state index contributed by atoms with van der Waals surface area (Å²) in [5.41, 5.74) is 0. The van der Waals surface area contributed by atoms with E-state index >= 15 is 0 Å². The second-order valence-electron chi connectivity index (χ2n) is 4.57. The van der Waals surface area contributed by atoms with Gasteiger partial charge in [0.25, 0.3) is 0 Å². The molecule has 1 aliphatic rings. The van der Waals surface area contributed by atoms with Gasteiger partial charge in [0.05, 0.1) is 3.79 Å². The number of nitrogens with one attached hydrogen (secondary N) is 2. The average Bonchev–Trinajstić information content (AvgIpc) is 2.82. The number of halogens is 1.